The number of benzene rings is 3. The molecule has 2 aliphatic carbocycles. The number of nitrogens with zero attached hydrogens (tertiary/aromatic N) is 1. The van der Waals surface area contributed by atoms with Crippen molar-refractivity contribution in [2.75, 3.05) is 39.3 Å². The predicted octanol–water partition coefficient (Wildman–Crippen LogP) is 8.91. The Kier molecular flexibility index (Phi) is 13.6. The van der Waals surface area contributed by atoms with Crippen molar-refractivity contribution >= 4 is 29.2 Å². The lowest BCUT2D eigenvalue weighted by Gasteiger charge is -2.58. The molecule has 3 aliphatic rings. The second-order valence-electron chi connectivity index (χ2n) is 13.4. The zero-order valence-electron chi connectivity index (χ0n) is 29.5. The molecule has 1 heterocycles. The van der Waals surface area contributed by atoms with Crippen molar-refractivity contribution in [2.45, 2.75) is 71.7 Å². The van der Waals surface area contributed by atoms with Gasteiger partial charge in [-0.25, -0.2) is 0 Å². The third-order valence-electron chi connectivity index (χ3n) is 10.2. The first-order valence-corrected chi connectivity index (χ1v) is 20.1. The molecule has 6 unspecified atom stereocenters. The summed E-state index contributed by atoms with van der Waals surface area (Å²) in [5.74, 6) is 1.80. The van der Waals surface area contributed by atoms with Crippen molar-refractivity contribution < 1.29 is 29.3 Å². The molecule has 9 heteroatoms. The lowest BCUT2D eigenvalue weighted by atomic mass is 9.56. The van der Waals surface area contributed by atoms with Gasteiger partial charge >= 0.3 is 0 Å². The number of ether oxygens (including phenoxy) is 3. The third kappa shape index (κ3) is 8.71. The minimum atomic E-state index is -1.01. The molecule has 272 valence electrons. The third-order valence-corrected chi connectivity index (χ3v) is 12.5. The van der Waals surface area contributed by atoms with Gasteiger partial charge in [-0.3, -0.25) is 0 Å². The maximum absolute atomic E-state index is 9.84. The van der Waals surface area contributed by atoms with Crippen LogP contribution in [0.1, 0.15) is 56.4 Å². The number of hydrogen-bond donors (Lipinski definition) is 2. The van der Waals surface area contributed by atoms with E-state index in [0.717, 1.165) is 77.5 Å². The number of fused-ring (bicyclic) bond motifs is 2. The van der Waals surface area contributed by atoms with Crippen molar-refractivity contribution in [1.29, 1.82) is 0 Å². The van der Waals surface area contributed by atoms with E-state index < -0.39 is 5.79 Å². The fourth-order valence-electron chi connectivity index (χ4n) is 8.12. The number of aliphatic hydroxyl groups excluding tert-OH is 2. The predicted molar refractivity (Wildman–Crippen MR) is 207 cm³/mol. The van der Waals surface area contributed by atoms with E-state index in [4.69, 9.17) is 19.0 Å². The lowest BCUT2D eigenvalue weighted by Crippen LogP contribution is -2.64. The SMILES string of the molecule is C=CCOC12Oc3ccc(OCCSc4ccccc4)cc3C3C(CCCCO)C(CCCCO)C=C(C(=NOC)CC1Sc1ccccc1)C32. The molecule has 3 aromatic rings. The summed E-state index contributed by atoms with van der Waals surface area (Å²) in [6, 6.07) is 27.1. The summed E-state index contributed by atoms with van der Waals surface area (Å²) < 4.78 is 20.7. The summed E-state index contributed by atoms with van der Waals surface area (Å²) in [5, 5.41) is 24.1. The van der Waals surface area contributed by atoms with Gasteiger partial charge in [0.25, 0.3) is 0 Å². The molecule has 1 fully saturated rings. The van der Waals surface area contributed by atoms with Gasteiger partial charge in [0.2, 0.25) is 5.79 Å². The van der Waals surface area contributed by atoms with Crippen LogP contribution in [0.15, 0.2) is 118 Å². The van der Waals surface area contributed by atoms with E-state index in [1.807, 2.05) is 18.2 Å². The average Bonchev–Trinajstić information content (AvgIpc) is 3.16. The van der Waals surface area contributed by atoms with Crippen LogP contribution in [0.25, 0.3) is 0 Å². The average molecular weight is 730 g/mol. The molecule has 7 nitrogen and oxygen atoms in total. The molecule has 0 bridgehead atoms. The van der Waals surface area contributed by atoms with E-state index in [1.54, 1.807) is 36.7 Å². The van der Waals surface area contributed by atoms with Gasteiger partial charge in [-0.1, -0.05) is 66.5 Å². The largest absolute Gasteiger partial charge is 0.493 e. The van der Waals surface area contributed by atoms with Gasteiger partial charge in [0.1, 0.15) is 18.6 Å². The molecule has 0 aromatic heterocycles. The molecule has 1 saturated carbocycles. The Balaban J connectivity index is 1.45. The monoisotopic (exact) mass is 729 g/mol. The van der Waals surface area contributed by atoms with Crippen molar-refractivity contribution in [3.63, 3.8) is 0 Å². The molecule has 0 spiro atoms. The highest BCUT2D eigenvalue weighted by Gasteiger charge is 2.64. The summed E-state index contributed by atoms with van der Waals surface area (Å²) in [6.45, 7) is 5.29. The minimum absolute atomic E-state index is 0.0276. The molecule has 0 radical (unpaired) electrons. The number of hydrogen-bond acceptors (Lipinski definition) is 9. The molecule has 6 rings (SSSR count). The van der Waals surface area contributed by atoms with Crippen LogP contribution in [0.2, 0.25) is 0 Å². The van der Waals surface area contributed by atoms with Crippen LogP contribution in [-0.2, 0) is 9.57 Å². The number of allylic oxidation sites excluding steroid dienone is 1. The molecule has 51 heavy (non-hydrogen) atoms. The van der Waals surface area contributed by atoms with E-state index in [-0.39, 0.29) is 42.1 Å². The van der Waals surface area contributed by atoms with Crippen molar-refractivity contribution in [2.24, 2.45) is 22.9 Å². The molecule has 3 aromatic carbocycles. The van der Waals surface area contributed by atoms with Gasteiger partial charge in [-0.05, 0) is 85.6 Å². The van der Waals surface area contributed by atoms with Gasteiger partial charge in [0, 0.05) is 46.7 Å². The maximum atomic E-state index is 9.84. The van der Waals surface area contributed by atoms with Crippen LogP contribution in [0.4, 0.5) is 0 Å². The lowest BCUT2D eigenvalue weighted by molar-refractivity contribution is -0.223. The molecule has 1 aliphatic heterocycles. The van der Waals surface area contributed by atoms with Crippen LogP contribution in [0.5, 0.6) is 11.5 Å². The normalized spacial score (nSPS) is 25.7. The second kappa shape index (κ2) is 18.5. The summed E-state index contributed by atoms with van der Waals surface area (Å²) in [7, 11) is 1.62. The number of rotatable bonds is 19. The standard InChI is InChI=1S/C42H51NO6S2/c1-3-24-48-42-39(51-33-17-8-5-9-18-33)29-37(43-46-2)35-27-30(14-10-12-22-44)34(19-11-13-23-45)40(41(35)42)36-28-31(20-21-38(36)49-42)47-25-26-50-32-15-6-4-7-16-32/h3-9,15-18,20-21,27-28,30,34,39-41,44-45H,1,10-14,19,22-26,29H2,2H3. The number of oxime groups is 1. The Morgan fingerprint density at radius 2 is 1.67 bits per heavy atom. The maximum Gasteiger partial charge on any atom is 0.231 e. The first kappa shape index (κ1) is 37.5. The Morgan fingerprint density at radius 1 is 0.941 bits per heavy atom. The Hall–Kier alpha value is -3.21. The zero-order valence-corrected chi connectivity index (χ0v) is 31.2. The topological polar surface area (TPSA) is 89.7 Å². The van der Waals surface area contributed by atoms with Gasteiger partial charge < -0.3 is 29.3 Å². The Morgan fingerprint density at radius 3 is 2.37 bits per heavy atom. The van der Waals surface area contributed by atoms with Crippen LogP contribution in [-0.4, -0.2) is 66.3 Å². The highest BCUT2D eigenvalue weighted by Crippen LogP contribution is 2.63. The molecular weight excluding hydrogens is 679 g/mol. The van der Waals surface area contributed by atoms with E-state index in [2.05, 4.69) is 78.5 Å². The minimum Gasteiger partial charge on any atom is -0.493 e. The summed E-state index contributed by atoms with van der Waals surface area (Å²) in [4.78, 5) is 7.90. The second-order valence-corrected chi connectivity index (χ2v) is 15.8. The van der Waals surface area contributed by atoms with Crippen molar-refractivity contribution in [3.05, 3.63) is 109 Å². The number of unbranched alkanes of at least 4 members (excludes halogenated alkanes) is 2. The zero-order chi connectivity index (χ0) is 35.5. The summed E-state index contributed by atoms with van der Waals surface area (Å²) >= 11 is 3.55. The highest BCUT2D eigenvalue weighted by atomic mass is 32.2. The molecule has 6 atom stereocenters. The van der Waals surface area contributed by atoms with E-state index in [9.17, 15) is 10.2 Å². The van der Waals surface area contributed by atoms with Gasteiger partial charge in [0.05, 0.1) is 30.1 Å². The van der Waals surface area contributed by atoms with Crippen LogP contribution in [0, 0.1) is 17.8 Å². The Labute approximate surface area is 311 Å². The summed E-state index contributed by atoms with van der Waals surface area (Å²) in [6.07, 6.45) is 10.1. The van der Waals surface area contributed by atoms with E-state index >= 15 is 0 Å². The molecule has 0 amide bonds. The number of thioether (sulfide) groups is 2. The van der Waals surface area contributed by atoms with Crippen LogP contribution in [0.3, 0.4) is 0 Å². The van der Waals surface area contributed by atoms with Gasteiger partial charge in [0.15, 0.2) is 0 Å². The molecule has 0 saturated heterocycles. The number of aliphatic hydroxyl groups is 2. The van der Waals surface area contributed by atoms with Gasteiger partial charge in [-0.2, -0.15) is 0 Å². The van der Waals surface area contributed by atoms with E-state index in [0.29, 0.717) is 19.6 Å². The highest BCUT2D eigenvalue weighted by molar-refractivity contribution is 8.00. The fourth-order valence-corrected chi connectivity index (χ4v) is 10.2. The van der Waals surface area contributed by atoms with E-state index in [1.165, 1.54) is 4.90 Å². The van der Waals surface area contributed by atoms with Crippen LogP contribution < -0.4 is 9.47 Å². The quantitative estimate of drug-likeness (QED) is 0.0548. The first-order chi connectivity index (χ1) is 25.1. The fraction of sp³-hybridized carbons (Fsp3) is 0.452. The molecular formula is C42H51NO6S2. The first-order valence-electron chi connectivity index (χ1n) is 18.3. The molecule has 2 N–H and O–H groups in total. The van der Waals surface area contributed by atoms with Crippen molar-refractivity contribution in [3.8, 4) is 11.5 Å². The summed E-state index contributed by atoms with van der Waals surface area (Å²) in [5.41, 5.74) is 3.18. The smallest absolute Gasteiger partial charge is 0.231 e. The van der Waals surface area contributed by atoms with Crippen molar-refractivity contribution in [1.82, 2.24) is 0 Å². The van der Waals surface area contributed by atoms with Gasteiger partial charge in [-0.15, -0.1) is 30.1 Å². The Bertz CT molecular complexity index is 1620. The van der Waals surface area contributed by atoms with Crippen LogP contribution >= 0.6 is 23.5 Å².